The second kappa shape index (κ2) is 5.64. The van der Waals surface area contributed by atoms with Crippen molar-refractivity contribution in [1.82, 2.24) is 4.98 Å². The number of nitrogens with one attached hydrogen (secondary N) is 1. The third-order valence-electron chi connectivity index (χ3n) is 3.76. The number of aromatic nitrogens is 1. The zero-order chi connectivity index (χ0) is 16.6. The quantitative estimate of drug-likeness (QED) is 0.752. The van der Waals surface area contributed by atoms with Crippen LogP contribution in [0.5, 0.6) is 5.75 Å². The van der Waals surface area contributed by atoms with Gasteiger partial charge in [0.1, 0.15) is 5.75 Å². The average Bonchev–Trinajstić information content (AvgIpc) is 2.98. The molecule has 0 amide bonds. The molecule has 23 heavy (non-hydrogen) atoms. The van der Waals surface area contributed by atoms with Crippen LogP contribution in [0.1, 0.15) is 20.7 Å². The molecule has 118 valence electrons. The van der Waals surface area contributed by atoms with E-state index in [0.29, 0.717) is 11.3 Å². The van der Waals surface area contributed by atoms with Crippen LogP contribution in [0.25, 0.3) is 21.8 Å². The van der Waals surface area contributed by atoms with Crippen LogP contribution in [0.3, 0.4) is 0 Å². The van der Waals surface area contributed by atoms with E-state index in [1.54, 1.807) is 0 Å². The van der Waals surface area contributed by atoms with Crippen LogP contribution in [-0.4, -0.2) is 38.3 Å². The molecule has 0 unspecified atom stereocenters. The lowest BCUT2D eigenvalue weighted by Crippen LogP contribution is -2.13. The number of aromatic amines is 1. The van der Waals surface area contributed by atoms with Gasteiger partial charge in [0.05, 0.1) is 43.4 Å². The molecule has 6 nitrogen and oxygen atoms in total. The second-order valence-corrected chi connectivity index (χ2v) is 4.91. The van der Waals surface area contributed by atoms with Crippen molar-refractivity contribution in [2.24, 2.45) is 0 Å². The molecule has 2 aromatic carbocycles. The summed E-state index contributed by atoms with van der Waals surface area (Å²) in [7, 11) is 4.03. The first-order chi connectivity index (χ1) is 11.1. The number of fused-ring (bicyclic) bond motifs is 3. The molecule has 0 atom stereocenters. The van der Waals surface area contributed by atoms with Gasteiger partial charge in [0.25, 0.3) is 0 Å². The molecule has 0 spiro atoms. The summed E-state index contributed by atoms with van der Waals surface area (Å²) in [5.41, 5.74) is 1.53. The standard InChI is InChI=1S/C17H15NO5/c1-21-12-8-10(16(19)22-2)14(17(20)23-3)15-13(12)9-6-4-5-7-11(9)18-15/h4-8,18H,1-3H3. The first kappa shape index (κ1) is 14.9. The summed E-state index contributed by atoms with van der Waals surface area (Å²) in [5, 5.41) is 1.61. The van der Waals surface area contributed by atoms with Crippen molar-refractivity contribution in [3.05, 3.63) is 41.5 Å². The van der Waals surface area contributed by atoms with E-state index in [4.69, 9.17) is 14.2 Å². The number of carbonyl (C=O) groups excluding carboxylic acids is 2. The van der Waals surface area contributed by atoms with Crippen molar-refractivity contribution >= 4 is 33.7 Å². The van der Waals surface area contributed by atoms with Gasteiger partial charge in [-0.1, -0.05) is 18.2 Å². The lowest BCUT2D eigenvalue weighted by molar-refractivity contribution is 0.0556. The van der Waals surface area contributed by atoms with Crippen molar-refractivity contribution in [3.8, 4) is 5.75 Å². The van der Waals surface area contributed by atoms with E-state index in [0.717, 1.165) is 16.3 Å². The third-order valence-corrected chi connectivity index (χ3v) is 3.76. The molecule has 1 heterocycles. The Morgan fingerprint density at radius 1 is 1.00 bits per heavy atom. The average molecular weight is 313 g/mol. The first-order valence-corrected chi connectivity index (χ1v) is 6.90. The van der Waals surface area contributed by atoms with Crippen LogP contribution in [0.2, 0.25) is 0 Å². The summed E-state index contributed by atoms with van der Waals surface area (Å²) in [6.07, 6.45) is 0. The Balaban J connectivity index is 2.52. The molecule has 0 aliphatic carbocycles. The fourth-order valence-corrected chi connectivity index (χ4v) is 2.74. The summed E-state index contributed by atoms with van der Waals surface area (Å²) in [6, 6.07) is 9.06. The minimum absolute atomic E-state index is 0.0928. The molecule has 0 saturated heterocycles. The third kappa shape index (κ3) is 2.19. The van der Waals surface area contributed by atoms with Gasteiger partial charge in [0.2, 0.25) is 0 Å². The number of methoxy groups -OCH3 is 3. The number of benzene rings is 2. The van der Waals surface area contributed by atoms with Crippen LogP contribution < -0.4 is 4.74 Å². The number of hydrogen-bond acceptors (Lipinski definition) is 5. The van der Waals surface area contributed by atoms with Gasteiger partial charge in [0, 0.05) is 10.9 Å². The molecule has 0 radical (unpaired) electrons. The molecule has 6 heteroatoms. The van der Waals surface area contributed by atoms with Crippen LogP contribution in [-0.2, 0) is 9.47 Å². The summed E-state index contributed by atoms with van der Waals surface area (Å²) in [5.74, 6) is -0.778. The summed E-state index contributed by atoms with van der Waals surface area (Å²) < 4.78 is 15.0. The molecule has 3 aromatic rings. The molecular formula is C17H15NO5. The topological polar surface area (TPSA) is 77.6 Å². The highest BCUT2D eigenvalue weighted by molar-refractivity contribution is 6.20. The molecule has 0 bridgehead atoms. The number of para-hydroxylation sites is 1. The number of H-pyrrole nitrogens is 1. The van der Waals surface area contributed by atoms with E-state index in [-0.39, 0.29) is 11.1 Å². The maximum atomic E-state index is 12.3. The Bertz CT molecular complexity index is 926. The smallest absolute Gasteiger partial charge is 0.340 e. The van der Waals surface area contributed by atoms with Gasteiger partial charge in [-0.05, 0) is 12.1 Å². The molecule has 3 rings (SSSR count). The van der Waals surface area contributed by atoms with Crippen molar-refractivity contribution in [2.75, 3.05) is 21.3 Å². The van der Waals surface area contributed by atoms with Gasteiger partial charge >= 0.3 is 11.9 Å². The Morgan fingerprint density at radius 2 is 1.70 bits per heavy atom. The highest BCUT2D eigenvalue weighted by Crippen LogP contribution is 2.37. The summed E-state index contributed by atoms with van der Waals surface area (Å²) in [4.78, 5) is 27.5. The van der Waals surface area contributed by atoms with Crippen LogP contribution >= 0.6 is 0 Å². The van der Waals surface area contributed by atoms with Crippen molar-refractivity contribution < 1.29 is 23.8 Å². The number of rotatable bonds is 3. The Kier molecular flexibility index (Phi) is 3.65. The SMILES string of the molecule is COC(=O)c1cc(OC)c2c([nH]c3ccccc32)c1C(=O)OC. The normalized spacial score (nSPS) is 10.7. The van der Waals surface area contributed by atoms with Crippen molar-refractivity contribution in [1.29, 1.82) is 0 Å². The minimum Gasteiger partial charge on any atom is -0.496 e. The van der Waals surface area contributed by atoms with Crippen molar-refractivity contribution in [2.45, 2.75) is 0 Å². The fraction of sp³-hybridized carbons (Fsp3) is 0.176. The molecular weight excluding hydrogens is 298 g/mol. The highest BCUT2D eigenvalue weighted by Gasteiger charge is 2.26. The highest BCUT2D eigenvalue weighted by atomic mass is 16.5. The molecule has 0 saturated carbocycles. The lowest BCUT2D eigenvalue weighted by Gasteiger charge is -2.11. The monoisotopic (exact) mass is 313 g/mol. The van der Waals surface area contributed by atoms with Crippen LogP contribution in [0.4, 0.5) is 0 Å². The molecule has 0 aliphatic rings. The van der Waals surface area contributed by atoms with Gasteiger partial charge in [-0.3, -0.25) is 0 Å². The molecule has 0 aliphatic heterocycles. The minimum atomic E-state index is -0.635. The Labute approximate surface area is 131 Å². The van der Waals surface area contributed by atoms with E-state index >= 15 is 0 Å². The zero-order valence-corrected chi connectivity index (χ0v) is 12.9. The number of esters is 2. The van der Waals surface area contributed by atoms with E-state index in [1.807, 2.05) is 24.3 Å². The molecule has 1 N–H and O–H groups in total. The lowest BCUT2D eigenvalue weighted by atomic mass is 10.0. The predicted octanol–water partition coefficient (Wildman–Crippen LogP) is 2.90. The van der Waals surface area contributed by atoms with E-state index in [1.165, 1.54) is 27.4 Å². The van der Waals surface area contributed by atoms with Gasteiger partial charge < -0.3 is 19.2 Å². The maximum Gasteiger partial charge on any atom is 0.340 e. The predicted molar refractivity (Wildman–Crippen MR) is 85.0 cm³/mol. The van der Waals surface area contributed by atoms with E-state index in [2.05, 4.69) is 4.98 Å². The van der Waals surface area contributed by atoms with E-state index < -0.39 is 11.9 Å². The first-order valence-electron chi connectivity index (χ1n) is 6.90. The van der Waals surface area contributed by atoms with E-state index in [9.17, 15) is 9.59 Å². The van der Waals surface area contributed by atoms with Gasteiger partial charge in [-0.25, -0.2) is 9.59 Å². The molecule has 0 fully saturated rings. The zero-order valence-electron chi connectivity index (χ0n) is 12.9. The summed E-state index contributed by atoms with van der Waals surface area (Å²) >= 11 is 0. The van der Waals surface area contributed by atoms with Crippen molar-refractivity contribution in [3.63, 3.8) is 0 Å². The number of hydrogen-bond donors (Lipinski definition) is 1. The fourth-order valence-electron chi connectivity index (χ4n) is 2.74. The number of carbonyl (C=O) groups is 2. The number of ether oxygens (including phenoxy) is 3. The van der Waals surface area contributed by atoms with Gasteiger partial charge in [-0.2, -0.15) is 0 Å². The van der Waals surface area contributed by atoms with Gasteiger partial charge in [0.15, 0.2) is 0 Å². The maximum absolute atomic E-state index is 12.3. The second-order valence-electron chi connectivity index (χ2n) is 4.91. The molecule has 1 aromatic heterocycles. The van der Waals surface area contributed by atoms with Crippen LogP contribution in [0.15, 0.2) is 30.3 Å². The summed E-state index contributed by atoms with van der Waals surface area (Å²) in [6.45, 7) is 0. The Hall–Kier alpha value is -3.02. The van der Waals surface area contributed by atoms with Crippen LogP contribution in [0, 0.1) is 0 Å². The largest absolute Gasteiger partial charge is 0.496 e. The Morgan fingerprint density at radius 3 is 2.35 bits per heavy atom. The van der Waals surface area contributed by atoms with Gasteiger partial charge in [-0.15, -0.1) is 0 Å².